The van der Waals surface area contributed by atoms with Gasteiger partial charge < -0.3 is 10.1 Å². The van der Waals surface area contributed by atoms with Crippen molar-refractivity contribution in [2.45, 2.75) is 19.5 Å². The fraction of sp³-hybridized carbons (Fsp3) is 0.211. The summed E-state index contributed by atoms with van der Waals surface area (Å²) >= 11 is 5.28. The highest BCUT2D eigenvalue weighted by Crippen LogP contribution is 2.21. The molecule has 0 radical (unpaired) electrons. The maximum atomic E-state index is 12.9. The van der Waals surface area contributed by atoms with E-state index in [4.69, 9.17) is 17.0 Å². The Kier molecular flexibility index (Phi) is 5.97. The van der Waals surface area contributed by atoms with Gasteiger partial charge >= 0.3 is 0 Å². The van der Waals surface area contributed by atoms with Crippen LogP contribution >= 0.6 is 12.2 Å². The molecule has 2 N–H and O–H groups in total. The summed E-state index contributed by atoms with van der Waals surface area (Å²) in [4.78, 5) is 12.1. The summed E-state index contributed by atoms with van der Waals surface area (Å²) < 4.78 is 20.3. The Bertz CT molecular complexity index is 965. The lowest BCUT2D eigenvalue weighted by Gasteiger charge is -2.09. The summed E-state index contributed by atoms with van der Waals surface area (Å²) in [7, 11) is 1.61. The third-order valence-electron chi connectivity index (χ3n) is 4.07. The Morgan fingerprint density at radius 1 is 1.22 bits per heavy atom. The van der Waals surface area contributed by atoms with Gasteiger partial charge in [0, 0.05) is 25.1 Å². The van der Waals surface area contributed by atoms with Crippen LogP contribution in [-0.4, -0.2) is 27.8 Å². The first-order valence-corrected chi connectivity index (χ1v) is 8.78. The van der Waals surface area contributed by atoms with Crippen molar-refractivity contribution in [1.29, 1.82) is 0 Å². The van der Waals surface area contributed by atoms with Gasteiger partial charge in [-0.2, -0.15) is 5.10 Å². The van der Waals surface area contributed by atoms with Crippen molar-refractivity contribution in [3.05, 3.63) is 64.7 Å². The smallest absolute Gasteiger partial charge is 0.222 e. The molecule has 1 aromatic heterocycles. The largest absolute Gasteiger partial charge is 0.497 e. The topological polar surface area (TPSA) is 71.9 Å². The number of H-pyrrole nitrogens is 1. The summed E-state index contributed by atoms with van der Waals surface area (Å²) in [6.45, 7) is 0.743. The van der Waals surface area contributed by atoms with Gasteiger partial charge in [-0.25, -0.2) is 4.39 Å². The van der Waals surface area contributed by atoms with Gasteiger partial charge in [0.1, 0.15) is 11.6 Å². The number of halogens is 1. The molecule has 0 spiro atoms. The van der Waals surface area contributed by atoms with E-state index in [1.54, 1.807) is 23.8 Å². The van der Waals surface area contributed by atoms with Crippen LogP contribution in [0.5, 0.6) is 5.75 Å². The molecule has 0 fully saturated rings. The Hall–Kier alpha value is -3.00. The molecule has 2 aromatic carbocycles. The zero-order valence-corrected chi connectivity index (χ0v) is 15.6. The van der Waals surface area contributed by atoms with E-state index in [1.165, 1.54) is 12.1 Å². The third-order valence-corrected chi connectivity index (χ3v) is 4.38. The second-order valence-corrected chi connectivity index (χ2v) is 6.27. The Balaban J connectivity index is 1.62. The average Bonchev–Trinajstić information content (AvgIpc) is 3.06. The highest BCUT2D eigenvalue weighted by molar-refractivity contribution is 7.71. The monoisotopic (exact) mass is 386 g/mol. The van der Waals surface area contributed by atoms with Crippen LogP contribution in [-0.2, 0) is 17.9 Å². The molecule has 6 nitrogen and oxygen atoms in total. The number of carbonyl (C=O) groups is 1. The van der Waals surface area contributed by atoms with Gasteiger partial charge in [0.2, 0.25) is 5.91 Å². The molecule has 0 aliphatic carbocycles. The number of amides is 1. The summed E-state index contributed by atoms with van der Waals surface area (Å²) in [5.41, 5.74) is 1.71. The second kappa shape index (κ2) is 8.59. The number of nitrogens with one attached hydrogen (secondary N) is 2. The van der Waals surface area contributed by atoms with Crippen LogP contribution < -0.4 is 10.1 Å². The van der Waals surface area contributed by atoms with Crippen molar-refractivity contribution < 1.29 is 13.9 Å². The van der Waals surface area contributed by atoms with Gasteiger partial charge in [-0.05, 0) is 54.2 Å². The molecule has 8 heteroatoms. The van der Waals surface area contributed by atoms with Crippen molar-refractivity contribution in [2.75, 3.05) is 7.11 Å². The number of ether oxygens (including phenoxy) is 1. The molecule has 0 unspecified atom stereocenters. The second-order valence-electron chi connectivity index (χ2n) is 5.89. The first-order chi connectivity index (χ1) is 13.1. The van der Waals surface area contributed by atoms with Crippen molar-refractivity contribution in [1.82, 2.24) is 20.1 Å². The van der Waals surface area contributed by atoms with Crippen LogP contribution in [0, 0.1) is 10.6 Å². The van der Waals surface area contributed by atoms with Gasteiger partial charge in [0.05, 0.1) is 7.11 Å². The van der Waals surface area contributed by atoms with Crippen LogP contribution in [0.1, 0.15) is 12.0 Å². The highest BCUT2D eigenvalue weighted by Gasteiger charge is 2.11. The minimum absolute atomic E-state index is 0.122. The van der Waals surface area contributed by atoms with E-state index in [1.807, 2.05) is 24.3 Å². The number of aromatic amines is 1. The lowest BCUT2D eigenvalue weighted by atomic mass is 10.2. The zero-order valence-electron chi connectivity index (χ0n) is 14.7. The van der Waals surface area contributed by atoms with Gasteiger partial charge in [0.15, 0.2) is 10.6 Å². The normalized spacial score (nSPS) is 10.6. The highest BCUT2D eigenvalue weighted by atomic mass is 32.1. The van der Waals surface area contributed by atoms with E-state index in [0.717, 1.165) is 16.9 Å². The number of methoxy groups -OCH3 is 1. The molecule has 0 aliphatic heterocycles. The fourth-order valence-corrected chi connectivity index (χ4v) is 2.81. The van der Waals surface area contributed by atoms with Crippen molar-refractivity contribution >= 4 is 18.1 Å². The molecule has 0 bridgehead atoms. The maximum absolute atomic E-state index is 12.9. The molecule has 140 valence electrons. The van der Waals surface area contributed by atoms with E-state index < -0.39 is 0 Å². The minimum atomic E-state index is -0.300. The third kappa shape index (κ3) is 4.79. The Morgan fingerprint density at radius 2 is 1.93 bits per heavy atom. The van der Waals surface area contributed by atoms with Crippen LogP contribution in [0.25, 0.3) is 11.4 Å². The number of hydrogen-bond donors (Lipinski definition) is 2. The van der Waals surface area contributed by atoms with Crippen molar-refractivity contribution in [3.63, 3.8) is 0 Å². The molecule has 1 heterocycles. The number of carbonyl (C=O) groups excluding carboxylic acids is 1. The molecule has 3 aromatic rings. The average molecular weight is 386 g/mol. The number of rotatable bonds is 7. The van der Waals surface area contributed by atoms with Crippen molar-refractivity contribution in [2.24, 2.45) is 0 Å². The molecule has 0 saturated carbocycles. The summed E-state index contributed by atoms with van der Waals surface area (Å²) in [5, 5.41) is 9.85. The van der Waals surface area contributed by atoms with Crippen LogP contribution in [0.15, 0.2) is 48.5 Å². The minimum Gasteiger partial charge on any atom is -0.497 e. The van der Waals surface area contributed by atoms with Crippen LogP contribution in [0.4, 0.5) is 4.39 Å². The quantitative estimate of drug-likeness (QED) is 0.610. The van der Waals surface area contributed by atoms with Crippen LogP contribution in [0.2, 0.25) is 0 Å². The molecule has 1 amide bonds. The number of aromatic nitrogens is 3. The Labute approximate surface area is 161 Å². The zero-order chi connectivity index (χ0) is 19.2. The lowest BCUT2D eigenvalue weighted by molar-refractivity contribution is -0.121. The van der Waals surface area contributed by atoms with E-state index in [9.17, 15) is 9.18 Å². The molecule has 3 rings (SSSR count). The van der Waals surface area contributed by atoms with E-state index >= 15 is 0 Å². The Morgan fingerprint density at radius 3 is 2.59 bits per heavy atom. The van der Waals surface area contributed by atoms with Crippen molar-refractivity contribution in [3.8, 4) is 17.1 Å². The SMILES string of the molecule is COc1ccc(-c2n[nH]c(=S)n2CCC(=O)NCc2ccc(F)cc2)cc1. The van der Waals surface area contributed by atoms with Gasteiger partial charge in [-0.3, -0.25) is 14.5 Å². The van der Waals surface area contributed by atoms with Gasteiger partial charge in [-0.1, -0.05) is 12.1 Å². The maximum Gasteiger partial charge on any atom is 0.222 e. The number of hydrogen-bond acceptors (Lipinski definition) is 4. The predicted molar refractivity (Wildman–Crippen MR) is 102 cm³/mol. The van der Waals surface area contributed by atoms with E-state index in [2.05, 4.69) is 15.5 Å². The van der Waals surface area contributed by atoms with Crippen LogP contribution in [0.3, 0.4) is 0 Å². The summed E-state index contributed by atoms with van der Waals surface area (Å²) in [5.74, 6) is 0.988. The predicted octanol–water partition coefficient (Wildman–Crippen LogP) is 3.46. The molecule has 0 atom stereocenters. The molecular weight excluding hydrogens is 367 g/mol. The fourth-order valence-electron chi connectivity index (χ4n) is 2.59. The molecule has 0 saturated heterocycles. The lowest BCUT2D eigenvalue weighted by Crippen LogP contribution is -2.24. The van der Waals surface area contributed by atoms with E-state index in [0.29, 0.717) is 23.7 Å². The number of benzene rings is 2. The van der Waals surface area contributed by atoms with Gasteiger partial charge in [-0.15, -0.1) is 0 Å². The molecule has 27 heavy (non-hydrogen) atoms. The molecular formula is C19H19FN4O2S. The number of nitrogens with zero attached hydrogens (tertiary/aromatic N) is 2. The first-order valence-electron chi connectivity index (χ1n) is 8.37. The van der Waals surface area contributed by atoms with E-state index in [-0.39, 0.29) is 18.1 Å². The van der Waals surface area contributed by atoms with Gasteiger partial charge in [0.25, 0.3) is 0 Å². The first kappa shape index (κ1) is 18.8. The molecule has 0 aliphatic rings. The standard InChI is InChI=1S/C19H19FN4O2S/c1-26-16-8-4-14(5-9-16)18-22-23-19(27)24(18)11-10-17(25)21-12-13-2-6-15(20)7-3-13/h2-9H,10-12H2,1H3,(H,21,25)(H,23,27). The summed E-state index contributed by atoms with van der Waals surface area (Å²) in [6.07, 6.45) is 0.248. The summed E-state index contributed by atoms with van der Waals surface area (Å²) in [6, 6.07) is 13.5.